The molecule has 2 N–H and O–H groups in total. The van der Waals surface area contributed by atoms with Gasteiger partial charge in [-0.05, 0) is 83.5 Å². The Kier molecular flexibility index (Phi) is 37.7. The van der Waals surface area contributed by atoms with E-state index in [1.807, 2.05) is 12.4 Å². The van der Waals surface area contributed by atoms with Crippen LogP contribution in [0.15, 0.2) is 148 Å². The molecule has 0 aliphatic heterocycles. The van der Waals surface area contributed by atoms with Gasteiger partial charge in [0.2, 0.25) is 0 Å². The number of halogens is 2. The summed E-state index contributed by atoms with van der Waals surface area (Å²) in [6.45, 7) is 10.9. The molecule has 0 aliphatic carbocycles. The predicted molar refractivity (Wildman–Crippen MR) is 239 cm³/mol. The van der Waals surface area contributed by atoms with Crippen LogP contribution in [-0.2, 0) is 58.9 Å². The summed E-state index contributed by atoms with van der Waals surface area (Å²) in [5, 5.41) is 35.1. The summed E-state index contributed by atoms with van der Waals surface area (Å²) in [5.74, 6) is -0.583. The standard InChI is InChI=1S/C40H42N2P2S.C2H5NO.C2H3N.CH4O.2ClHO4.2Pd/c1-40(2,3)34-28-32(30-41-24-26-43(35-16-8-4-9-17-35)36-18-10-5-11-19-36)39(45)33(29-34)31-42-25-27-44(37-20-12-6-13-21-37)38-22-14-7-15-23-38;1-2(3)4;1-2-3;1-2;2*2-1(3,4)5;;/h4-23,28-31,45H,24-27H2,1-3H3;1H3,(H2,3,4);1H3;2H,1H3;2*(H,2,3,4,5);;/q;;;;;;2*+2/p-2. The van der Waals surface area contributed by atoms with Gasteiger partial charge in [0.25, 0.3) is 0 Å². The minimum absolute atomic E-state index is 0. The summed E-state index contributed by atoms with van der Waals surface area (Å²) in [4.78, 5) is 10.7. The molecule has 0 heterocycles. The van der Waals surface area contributed by atoms with Gasteiger partial charge in [0.05, 0.1) is 68.5 Å². The summed E-state index contributed by atoms with van der Waals surface area (Å²) in [7, 11) is -10.7. The van der Waals surface area contributed by atoms with Crippen LogP contribution in [0.2, 0.25) is 0 Å². The number of nitriles is 1. The first-order valence-corrected chi connectivity index (χ1v) is 25.3. The fraction of sp³-hybridized carbons (Fsp3) is 0.244. The molecule has 21 heteroatoms. The van der Waals surface area contributed by atoms with E-state index in [-0.39, 0.29) is 46.3 Å². The first-order chi connectivity index (χ1) is 30.0. The molecular formula is C45H54Cl2N4O10P2Pd2S+2. The summed E-state index contributed by atoms with van der Waals surface area (Å²) in [6.07, 6.45) is 6.05. The summed E-state index contributed by atoms with van der Waals surface area (Å²) in [5.41, 5.74) is 3.24. The molecule has 0 atom stereocenters. The Balaban J connectivity index is -0.00000161. The number of hydrogen-bond acceptors (Lipinski definition) is 15. The van der Waals surface area contributed by atoms with Crippen molar-refractivity contribution in [3.05, 3.63) is 150 Å². The molecule has 362 valence electrons. The summed E-state index contributed by atoms with van der Waals surface area (Å²) in [6, 6.07) is 49.7. The van der Waals surface area contributed by atoms with Gasteiger partial charge in [-0.15, -0.1) is 20.5 Å². The molecule has 14 nitrogen and oxygen atoms in total. The predicted octanol–water partition coefficient (Wildman–Crippen LogP) is -2.58. The first-order valence-electron chi connectivity index (χ1n) is 19.0. The first kappa shape index (κ1) is 67.3. The molecule has 0 saturated carbocycles. The van der Waals surface area contributed by atoms with Crippen molar-refractivity contribution in [2.75, 3.05) is 32.5 Å². The molecule has 0 aliphatic rings. The van der Waals surface area contributed by atoms with E-state index >= 15 is 0 Å². The van der Waals surface area contributed by atoms with Gasteiger partial charge in [0, 0.05) is 26.5 Å². The molecule has 5 aromatic carbocycles. The van der Waals surface area contributed by atoms with Crippen molar-refractivity contribution >= 4 is 68.0 Å². The fourth-order valence-corrected chi connectivity index (χ4v) is 10.6. The van der Waals surface area contributed by atoms with E-state index < -0.39 is 42.2 Å². The van der Waals surface area contributed by atoms with Gasteiger partial charge in [-0.2, -0.15) is 10.2 Å². The molecule has 0 unspecified atom stereocenters. The Morgan fingerprint density at radius 1 is 0.636 bits per heavy atom. The fourth-order valence-electron chi connectivity index (χ4n) is 5.45. The van der Waals surface area contributed by atoms with Crippen molar-refractivity contribution in [2.24, 2.45) is 9.98 Å². The minimum Gasteiger partial charge on any atom is -0.862 e. The van der Waals surface area contributed by atoms with Crippen LogP contribution in [0, 0.1) is 37.2 Å². The van der Waals surface area contributed by atoms with Gasteiger partial charge in [0.1, 0.15) is 0 Å². The zero-order chi connectivity index (χ0) is 48.8. The molecule has 0 amide bonds. The van der Waals surface area contributed by atoms with E-state index in [2.05, 4.69) is 154 Å². The SMILES string of the molecule is CC#N.CC(=N)[O-].CC(C)(C)c1cc(C=NCC[PH+](c2ccccc2)c2ccccc2)c([S-])c(C=NCC[PH+](c2ccccc2)c2ccccc2)c1.CO.[O-][Cl+3]([O-])([O-])[O-].[O-][Cl+3]([O-])([O-])[O-].[Pd+2].[Pd+2]. The molecule has 0 saturated heterocycles. The van der Waals surface area contributed by atoms with Gasteiger partial charge >= 0.3 is 40.8 Å². The van der Waals surface area contributed by atoms with Gasteiger partial charge in [-0.25, -0.2) is 37.3 Å². The topological polar surface area (TPSA) is 300 Å². The summed E-state index contributed by atoms with van der Waals surface area (Å²) < 4.78 is 67.9. The van der Waals surface area contributed by atoms with Crippen LogP contribution < -0.4 is 63.6 Å². The van der Waals surface area contributed by atoms with Crippen molar-refractivity contribution in [3.8, 4) is 6.07 Å². The van der Waals surface area contributed by atoms with Crippen LogP contribution in [0.4, 0.5) is 0 Å². The number of rotatable bonds is 12. The van der Waals surface area contributed by atoms with E-state index in [0.29, 0.717) is 0 Å². The number of nitrogens with zero attached hydrogens (tertiary/aromatic N) is 3. The maximum atomic E-state index is 9.11. The Morgan fingerprint density at radius 3 is 1.05 bits per heavy atom. The third-order valence-electron chi connectivity index (χ3n) is 7.94. The molecule has 0 fully saturated rings. The van der Waals surface area contributed by atoms with Gasteiger partial charge < -0.3 is 28.3 Å². The second-order valence-corrected chi connectivity index (χ2v) is 20.9. The van der Waals surface area contributed by atoms with Crippen LogP contribution in [0.5, 0.6) is 0 Å². The average molecular weight is 1190 g/mol. The number of aliphatic hydroxyl groups excluding tert-OH is 1. The molecule has 66 heavy (non-hydrogen) atoms. The molecule has 0 radical (unpaired) electrons. The average Bonchev–Trinajstić information content (AvgIpc) is 3.22. The Hall–Kier alpha value is -2.98. The number of hydrogen-bond donors (Lipinski definition) is 2. The van der Waals surface area contributed by atoms with Crippen LogP contribution in [-0.4, -0.2) is 56.0 Å². The zero-order valence-electron chi connectivity index (χ0n) is 36.9. The summed E-state index contributed by atoms with van der Waals surface area (Å²) >= 11 is 6.01. The number of aliphatic imine (C=N–C) groups is 2. The smallest absolute Gasteiger partial charge is 0.862 e. The Bertz CT molecular complexity index is 1910. The zero-order valence-corrected chi connectivity index (χ0v) is 44.4. The number of benzene rings is 5. The third kappa shape index (κ3) is 33.5. The van der Waals surface area contributed by atoms with E-state index in [4.69, 9.17) is 80.8 Å². The van der Waals surface area contributed by atoms with Gasteiger partial charge in [-0.1, -0.05) is 106 Å². The largest absolute Gasteiger partial charge is 2.00 e. The van der Waals surface area contributed by atoms with Crippen molar-refractivity contribution in [2.45, 2.75) is 44.9 Å². The van der Waals surface area contributed by atoms with E-state index in [1.54, 1.807) is 6.07 Å². The monoisotopic (exact) mass is 1190 g/mol. The van der Waals surface area contributed by atoms with Crippen molar-refractivity contribution in [3.63, 3.8) is 0 Å². The van der Waals surface area contributed by atoms with Crippen molar-refractivity contribution < 1.29 is 109 Å². The molecular weight excluding hydrogens is 1130 g/mol. The molecule has 5 rings (SSSR count). The van der Waals surface area contributed by atoms with Crippen LogP contribution >= 0.6 is 15.8 Å². The van der Waals surface area contributed by atoms with Crippen LogP contribution in [0.1, 0.15) is 51.3 Å². The second-order valence-electron chi connectivity index (χ2n) is 13.8. The molecule has 5 aromatic rings. The molecule has 0 spiro atoms. The molecule has 0 aromatic heterocycles. The van der Waals surface area contributed by atoms with E-state index in [0.717, 1.165) is 48.5 Å². The number of aliphatic hydroxyl groups is 1. The molecule has 0 bridgehead atoms. The maximum Gasteiger partial charge on any atom is 2.00 e. The minimum atomic E-state index is -4.94. The van der Waals surface area contributed by atoms with Gasteiger partial charge in [-0.3, -0.25) is 9.98 Å². The van der Waals surface area contributed by atoms with Crippen molar-refractivity contribution in [1.29, 1.82) is 10.7 Å². The second kappa shape index (κ2) is 37.0. The van der Waals surface area contributed by atoms with Crippen LogP contribution in [0.3, 0.4) is 0 Å². The van der Waals surface area contributed by atoms with E-state index in [9.17, 15) is 0 Å². The van der Waals surface area contributed by atoms with Crippen LogP contribution in [0.25, 0.3) is 0 Å². The quantitative estimate of drug-likeness (QED) is 0.0428. The van der Waals surface area contributed by atoms with Gasteiger partial charge in [0.15, 0.2) is 0 Å². The maximum absolute atomic E-state index is 9.11. The van der Waals surface area contributed by atoms with E-state index in [1.165, 1.54) is 40.6 Å². The number of nitrogens with one attached hydrogen (secondary N) is 1. The van der Waals surface area contributed by atoms with Crippen molar-refractivity contribution in [1.82, 2.24) is 0 Å². The Morgan fingerprint density at radius 2 is 0.848 bits per heavy atom. The third-order valence-corrected chi connectivity index (χ3v) is 14.0. The normalized spacial score (nSPS) is 10.7. The Labute approximate surface area is 428 Å².